The number of carbonyl (C=O) groups excluding carboxylic acids is 1. The third-order valence-corrected chi connectivity index (χ3v) is 2.69. The molecule has 0 aromatic rings. The fourth-order valence-corrected chi connectivity index (χ4v) is 1.67. The van der Waals surface area contributed by atoms with Gasteiger partial charge in [-0.15, -0.1) is 0 Å². The van der Waals surface area contributed by atoms with Gasteiger partial charge in [-0.3, -0.25) is 4.90 Å². The zero-order chi connectivity index (χ0) is 11.4. The number of rotatable bonds is 3. The Kier molecular flexibility index (Phi) is 3.73. The van der Waals surface area contributed by atoms with E-state index in [4.69, 9.17) is 10.00 Å². The van der Waals surface area contributed by atoms with Gasteiger partial charge in [0, 0.05) is 7.05 Å². The van der Waals surface area contributed by atoms with E-state index < -0.39 is 12.1 Å². The molecule has 0 N–H and O–H groups in total. The second-order valence-electron chi connectivity index (χ2n) is 3.82. The van der Waals surface area contributed by atoms with Gasteiger partial charge in [0.15, 0.2) is 6.04 Å². The van der Waals surface area contributed by atoms with Crippen molar-refractivity contribution in [3.63, 3.8) is 0 Å². The van der Waals surface area contributed by atoms with Crippen molar-refractivity contribution in [3.05, 3.63) is 12.2 Å². The molecule has 1 heterocycles. The van der Waals surface area contributed by atoms with Crippen LogP contribution in [0.15, 0.2) is 12.2 Å². The van der Waals surface area contributed by atoms with Crippen LogP contribution in [-0.2, 0) is 4.74 Å². The number of likely N-dealkylation sites (N-methyl/N-ethyl adjacent to an activating group) is 1. The van der Waals surface area contributed by atoms with Crippen molar-refractivity contribution >= 4 is 6.09 Å². The number of cyclic esters (lactones) is 1. The van der Waals surface area contributed by atoms with E-state index in [1.54, 1.807) is 7.05 Å². The zero-order valence-electron chi connectivity index (χ0n) is 9.30. The summed E-state index contributed by atoms with van der Waals surface area (Å²) in [5.74, 6) is 0.166. The van der Waals surface area contributed by atoms with Gasteiger partial charge < -0.3 is 4.74 Å². The van der Waals surface area contributed by atoms with Gasteiger partial charge in [-0.05, 0) is 19.3 Å². The number of nitrogens with zero attached hydrogens (tertiary/aromatic N) is 2. The van der Waals surface area contributed by atoms with Crippen molar-refractivity contribution in [1.29, 1.82) is 5.26 Å². The molecule has 0 saturated carbocycles. The molecule has 1 saturated heterocycles. The molecule has 4 nitrogen and oxygen atoms in total. The van der Waals surface area contributed by atoms with E-state index in [9.17, 15) is 4.79 Å². The van der Waals surface area contributed by atoms with Crippen LogP contribution in [0.2, 0.25) is 0 Å². The molecule has 3 atom stereocenters. The highest BCUT2D eigenvalue weighted by atomic mass is 16.6. The summed E-state index contributed by atoms with van der Waals surface area (Å²) in [4.78, 5) is 12.6. The first-order chi connectivity index (χ1) is 7.11. The maximum atomic E-state index is 11.3. The fraction of sp³-hybridized carbons (Fsp3) is 0.636. The van der Waals surface area contributed by atoms with Crippen molar-refractivity contribution in [2.45, 2.75) is 32.4 Å². The highest BCUT2D eigenvalue weighted by molar-refractivity contribution is 5.71. The predicted octanol–water partition coefficient (Wildman–Crippen LogP) is 1.93. The Morgan fingerprint density at radius 1 is 1.73 bits per heavy atom. The molecule has 1 aliphatic heterocycles. The summed E-state index contributed by atoms with van der Waals surface area (Å²) in [5, 5.41) is 8.96. The summed E-state index contributed by atoms with van der Waals surface area (Å²) in [6.45, 7) is 3.93. The Morgan fingerprint density at radius 2 is 2.40 bits per heavy atom. The monoisotopic (exact) mass is 208 g/mol. The summed E-state index contributed by atoms with van der Waals surface area (Å²) in [7, 11) is 1.60. The maximum Gasteiger partial charge on any atom is 0.411 e. The number of ether oxygens (including phenoxy) is 1. The summed E-state index contributed by atoms with van der Waals surface area (Å²) in [5.41, 5.74) is 0. The molecule has 0 bridgehead atoms. The number of nitriles is 1. The molecular formula is C11H16N2O2. The largest absolute Gasteiger partial charge is 0.442 e. The van der Waals surface area contributed by atoms with Crippen molar-refractivity contribution in [1.82, 2.24) is 4.90 Å². The first kappa shape index (κ1) is 11.6. The van der Waals surface area contributed by atoms with Crippen LogP contribution in [0.25, 0.3) is 0 Å². The molecule has 0 aromatic carbocycles. The number of hydrogen-bond acceptors (Lipinski definition) is 3. The van der Waals surface area contributed by atoms with Crippen molar-refractivity contribution in [2.75, 3.05) is 7.05 Å². The first-order valence-corrected chi connectivity index (χ1v) is 5.06. The smallest absolute Gasteiger partial charge is 0.411 e. The van der Waals surface area contributed by atoms with E-state index in [-0.39, 0.29) is 12.0 Å². The quantitative estimate of drug-likeness (QED) is 0.666. The third-order valence-electron chi connectivity index (χ3n) is 2.69. The highest BCUT2D eigenvalue weighted by Gasteiger charge is 2.42. The maximum absolute atomic E-state index is 11.3. The number of carbonyl (C=O) groups is 1. The lowest BCUT2D eigenvalue weighted by molar-refractivity contribution is 0.103. The molecule has 15 heavy (non-hydrogen) atoms. The Bertz CT molecular complexity index is 306. The van der Waals surface area contributed by atoms with E-state index in [0.717, 1.165) is 6.42 Å². The SMILES string of the molecule is C/C=C/CC(C)C1OC(=O)N(C)C1C#N. The van der Waals surface area contributed by atoms with Crippen LogP contribution < -0.4 is 0 Å². The average molecular weight is 208 g/mol. The minimum absolute atomic E-state index is 0.166. The van der Waals surface area contributed by atoms with Gasteiger partial charge in [-0.25, -0.2) is 4.79 Å². The molecule has 0 aliphatic carbocycles. The van der Waals surface area contributed by atoms with Gasteiger partial charge >= 0.3 is 6.09 Å². The van der Waals surface area contributed by atoms with E-state index in [1.807, 2.05) is 26.0 Å². The number of amides is 1. The lowest BCUT2D eigenvalue weighted by atomic mass is 9.95. The second-order valence-corrected chi connectivity index (χ2v) is 3.82. The van der Waals surface area contributed by atoms with Gasteiger partial charge in [-0.1, -0.05) is 19.1 Å². The summed E-state index contributed by atoms with van der Waals surface area (Å²) in [6, 6.07) is 1.65. The van der Waals surface area contributed by atoms with Gasteiger partial charge in [0.2, 0.25) is 0 Å². The molecular weight excluding hydrogens is 192 g/mol. The Labute approximate surface area is 90.1 Å². The van der Waals surface area contributed by atoms with Gasteiger partial charge in [0.1, 0.15) is 6.10 Å². The van der Waals surface area contributed by atoms with Crippen molar-refractivity contribution in [3.8, 4) is 6.07 Å². The topological polar surface area (TPSA) is 53.3 Å². The molecule has 1 amide bonds. The molecule has 4 heteroatoms. The van der Waals surface area contributed by atoms with E-state index in [0.29, 0.717) is 0 Å². The average Bonchev–Trinajstić information content (AvgIpc) is 2.52. The van der Waals surface area contributed by atoms with Crippen molar-refractivity contribution < 1.29 is 9.53 Å². The zero-order valence-corrected chi connectivity index (χ0v) is 9.30. The van der Waals surface area contributed by atoms with Crippen LogP contribution in [0.5, 0.6) is 0 Å². The third kappa shape index (κ3) is 2.30. The van der Waals surface area contributed by atoms with Gasteiger partial charge in [-0.2, -0.15) is 5.26 Å². The lowest BCUT2D eigenvalue weighted by Crippen LogP contribution is -2.35. The normalized spacial score (nSPS) is 27.9. The van der Waals surface area contributed by atoms with Crippen LogP contribution >= 0.6 is 0 Å². The Balaban J connectivity index is 2.70. The molecule has 1 fully saturated rings. The summed E-state index contributed by atoms with van der Waals surface area (Å²) in [6.07, 6.45) is 4.08. The molecule has 0 aromatic heterocycles. The predicted molar refractivity (Wildman–Crippen MR) is 56.0 cm³/mol. The van der Waals surface area contributed by atoms with Crippen LogP contribution in [-0.4, -0.2) is 30.2 Å². The first-order valence-electron chi connectivity index (χ1n) is 5.06. The lowest BCUT2D eigenvalue weighted by Gasteiger charge is -2.19. The standard InChI is InChI=1S/C11H16N2O2/c1-4-5-6-8(2)10-9(7-12)13(3)11(14)15-10/h4-5,8-10H,6H2,1-3H3/b5-4+. The van der Waals surface area contributed by atoms with Gasteiger partial charge in [0.05, 0.1) is 6.07 Å². The Hall–Kier alpha value is -1.50. The van der Waals surface area contributed by atoms with E-state index >= 15 is 0 Å². The van der Waals surface area contributed by atoms with E-state index in [2.05, 4.69) is 6.07 Å². The minimum atomic E-state index is -0.460. The van der Waals surface area contributed by atoms with Crippen LogP contribution in [0.3, 0.4) is 0 Å². The van der Waals surface area contributed by atoms with Crippen molar-refractivity contribution in [2.24, 2.45) is 5.92 Å². The fourth-order valence-electron chi connectivity index (χ4n) is 1.67. The molecule has 3 unspecified atom stereocenters. The van der Waals surface area contributed by atoms with Gasteiger partial charge in [0.25, 0.3) is 0 Å². The molecule has 0 radical (unpaired) electrons. The molecule has 1 aliphatic rings. The van der Waals surface area contributed by atoms with Crippen LogP contribution in [0, 0.1) is 17.2 Å². The second kappa shape index (κ2) is 4.83. The van der Waals surface area contributed by atoms with E-state index in [1.165, 1.54) is 4.90 Å². The minimum Gasteiger partial charge on any atom is -0.442 e. The molecule has 0 spiro atoms. The molecule has 82 valence electrons. The van der Waals surface area contributed by atoms with Crippen LogP contribution in [0.4, 0.5) is 4.79 Å². The highest BCUT2D eigenvalue weighted by Crippen LogP contribution is 2.25. The summed E-state index contributed by atoms with van der Waals surface area (Å²) >= 11 is 0. The van der Waals surface area contributed by atoms with Crippen LogP contribution in [0.1, 0.15) is 20.3 Å². The Morgan fingerprint density at radius 3 is 2.93 bits per heavy atom. The molecule has 1 rings (SSSR count). The summed E-state index contributed by atoms with van der Waals surface area (Å²) < 4.78 is 5.17. The number of hydrogen-bond donors (Lipinski definition) is 0. The number of allylic oxidation sites excluding steroid dienone is 2.